The van der Waals surface area contributed by atoms with Gasteiger partial charge in [0.2, 0.25) is 0 Å². The lowest BCUT2D eigenvalue weighted by Gasteiger charge is -2.42. The average molecular weight is 401 g/mol. The van der Waals surface area contributed by atoms with E-state index < -0.39 is 4.92 Å². The Bertz CT molecular complexity index is 852. The predicted octanol–water partition coefficient (Wildman–Crippen LogP) is 3.71. The summed E-state index contributed by atoms with van der Waals surface area (Å²) in [5.41, 5.74) is 0.230. The molecule has 0 saturated heterocycles. The molecule has 1 saturated carbocycles. The van der Waals surface area contributed by atoms with Crippen LogP contribution < -0.4 is 4.74 Å². The van der Waals surface area contributed by atoms with Gasteiger partial charge in [-0.05, 0) is 38.1 Å². The summed E-state index contributed by atoms with van der Waals surface area (Å²) in [6.07, 6.45) is 5.77. The van der Waals surface area contributed by atoms with Crippen molar-refractivity contribution < 1.29 is 18.9 Å². The number of ether oxygens (including phenoxy) is 1. The van der Waals surface area contributed by atoms with Gasteiger partial charge in [-0.3, -0.25) is 19.8 Å². The Labute approximate surface area is 170 Å². The lowest BCUT2D eigenvalue weighted by Crippen LogP contribution is -2.52. The third kappa shape index (κ3) is 4.59. The molecule has 0 bridgehead atoms. The van der Waals surface area contributed by atoms with Crippen LogP contribution in [-0.2, 0) is 6.54 Å². The third-order valence-corrected chi connectivity index (χ3v) is 5.69. The molecule has 1 aliphatic carbocycles. The van der Waals surface area contributed by atoms with Crippen LogP contribution in [0.15, 0.2) is 41.0 Å². The number of rotatable bonds is 7. The molecule has 1 fully saturated rings. The van der Waals surface area contributed by atoms with E-state index in [1.54, 1.807) is 18.2 Å². The molecular weight excluding hydrogens is 374 g/mol. The van der Waals surface area contributed by atoms with Crippen molar-refractivity contribution in [2.24, 2.45) is 0 Å². The van der Waals surface area contributed by atoms with Crippen molar-refractivity contribution in [1.29, 1.82) is 0 Å². The minimum atomic E-state index is -0.516. The van der Waals surface area contributed by atoms with Crippen molar-refractivity contribution in [3.05, 3.63) is 58.0 Å². The van der Waals surface area contributed by atoms with Crippen molar-refractivity contribution in [2.75, 3.05) is 21.2 Å². The molecule has 156 valence electrons. The molecule has 0 unspecified atom stereocenters. The standard InChI is InChI=1S/C21H27N3O5/c1-22(14-16-7-6-12-29-16)17-8-4-5-9-18(17)23(2)21(25)15-10-11-19(24(26)27)20(13-15)28-3/h6-7,10-13,17-18H,4-5,8-9,14H2,1-3H3/t17-,18-/m1/s1. The lowest BCUT2D eigenvalue weighted by atomic mass is 9.88. The first-order valence-corrected chi connectivity index (χ1v) is 9.74. The van der Waals surface area contributed by atoms with Crippen molar-refractivity contribution in [3.63, 3.8) is 0 Å². The van der Waals surface area contributed by atoms with Gasteiger partial charge in [-0.25, -0.2) is 0 Å². The fourth-order valence-corrected chi connectivity index (χ4v) is 4.14. The van der Waals surface area contributed by atoms with Crippen molar-refractivity contribution in [1.82, 2.24) is 9.80 Å². The number of amides is 1. The molecule has 0 aliphatic heterocycles. The third-order valence-electron chi connectivity index (χ3n) is 5.69. The summed E-state index contributed by atoms with van der Waals surface area (Å²) in [5.74, 6) is 0.816. The first-order valence-electron chi connectivity index (χ1n) is 9.74. The highest BCUT2D eigenvalue weighted by atomic mass is 16.6. The van der Waals surface area contributed by atoms with Gasteiger partial charge in [-0.15, -0.1) is 0 Å². The highest BCUT2D eigenvalue weighted by Gasteiger charge is 2.34. The molecular formula is C21H27N3O5. The molecule has 8 heteroatoms. The Morgan fingerprint density at radius 2 is 1.97 bits per heavy atom. The number of hydrogen-bond acceptors (Lipinski definition) is 6. The highest BCUT2D eigenvalue weighted by Crippen LogP contribution is 2.31. The van der Waals surface area contributed by atoms with Gasteiger partial charge in [-0.2, -0.15) is 0 Å². The van der Waals surface area contributed by atoms with Gasteiger partial charge >= 0.3 is 5.69 Å². The Balaban J connectivity index is 1.78. The minimum Gasteiger partial charge on any atom is -0.490 e. The van der Waals surface area contributed by atoms with E-state index >= 15 is 0 Å². The number of carbonyl (C=O) groups excluding carboxylic acids is 1. The Morgan fingerprint density at radius 3 is 2.59 bits per heavy atom. The first-order chi connectivity index (χ1) is 13.9. The summed E-state index contributed by atoms with van der Waals surface area (Å²) in [6, 6.07) is 8.35. The maximum Gasteiger partial charge on any atom is 0.310 e. The largest absolute Gasteiger partial charge is 0.490 e. The first kappa shape index (κ1) is 20.9. The fourth-order valence-electron chi connectivity index (χ4n) is 4.14. The molecule has 8 nitrogen and oxygen atoms in total. The van der Waals surface area contributed by atoms with E-state index in [1.807, 2.05) is 12.1 Å². The number of likely N-dealkylation sites (N-methyl/N-ethyl adjacent to an activating group) is 2. The molecule has 1 aliphatic rings. The predicted molar refractivity (Wildman–Crippen MR) is 108 cm³/mol. The Hall–Kier alpha value is -2.87. The second-order valence-electron chi connectivity index (χ2n) is 7.47. The summed E-state index contributed by atoms with van der Waals surface area (Å²) in [5, 5.41) is 11.1. The molecule has 1 aromatic carbocycles. The van der Waals surface area contributed by atoms with Crippen LogP contribution in [-0.4, -0.2) is 53.9 Å². The molecule has 1 heterocycles. The molecule has 0 N–H and O–H groups in total. The Morgan fingerprint density at radius 1 is 1.24 bits per heavy atom. The van der Waals surface area contributed by atoms with Crippen molar-refractivity contribution in [2.45, 2.75) is 44.3 Å². The number of nitro benzene ring substituents is 1. The summed E-state index contributed by atoms with van der Waals surface area (Å²) < 4.78 is 10.6. The maximum atomic E-state index is 13.1. The molecule has 0 radical (unpaired) electrons. The number of nitrogens with zero attached hydrogens (tertiary/aromatic N) is 3. The number of nitro groups is 1. The van der Waals surface area contributed by atoms with Gasteiger partial charge in [-0.1, -0.05) is 12.8 Å². The van der Waals surface area contributed by atoms with Crippen LogP contribution >= 0.6 is 0 Å². The zero-order valence-corrected chi connectivity index (χ0v) is 17.0. The summed E-state index contributed by atoms with van der Waals surface area (Å²) in [6.45, 7) is 0.682. The number of carbonyl (C=O) groups is 1. The second-order valence-corrected chi connectivity index (χ2v) is 7.47. The molecule has 1 aromatic heterocycles. The highest BCUT2D eigenvalue weighted by molar-refractivity contribution is 5.95. The number of methoxy groups -OCH3 is 1. The van der Waals surface area contributed by atoms with E-state index in [-0.39, 0.29) is 29.4 Å². The van der Waals surface area contributed by atoms with Crippen molar-refractivity contribution >= 4 is 11.6 Å². The number of hydrogen-bond donors (Lipinski definition) is 0. The van der Waals surface area contributed by atoms with Crippen LogP contribution in [0.25, 0.3) is 0 Å². The summed E-state index contributed by atoms with van der Waals surface area (Å²) in [7, 11) is 5.22. The maximum absolute atomic E-state index is 13.1. The van der Waals surface area contributed by atoms with Crippen LogP contribution in [0.2, 0.25) is 0 Å². The average Bonchev–Trinajstić information content (AvgIpc) is 3.25. The zero-order valence-electron chi connectivity index (χ0n) is 17.0. The molecule has 29 heavy (non-hydrogen) atoms. The van der Waals surface area contributed by atoms with E-state index in [0.29, 0.717) is 12.1 Å². The fraction of sp³-hybridized carbons (Fsp3) is 0.476. The quantitative estimate of drug-likeness (QED) is 0.519. The smallest absolute Gasteiger partial charge is 0.310 e. The molecule has 2 atom stereocenters. The normalized spacial score (nSPS) is 19.2. The Kier molecular flexibility index (Phi) is 6.53. The van der Waals surface area contributed by atoms with Crippen LogP contribution in [0.5, 0.6) is 5.75 Å². The van der Waals surface area contributed by atoms with Gasteiger partial charge in [0.05, 0.1) is 24.8 Å². The minimum absolute atomic E-state index is 0.0531. The zero-order chi connectivity index (χ0) is 21.0. The van der Waals surface area contributed by atoms with Crippen LogP contribution in [0, 0.1) is 10.1 Å². The van der Waals surface area contributed by atoms with Crippen LogP contribution in [0.1, 0.15) is 41.8 Å². The van der Waals surface area contributed by atoms with Crippen LogP contribution in [0.3, 0.4) is 0 Å². The van der Waals surface area contributed by atoms with Crippen LogP contribution in [0.4, 0.5) is 5.69 Å². The van der Waals surface area contributed by atoms with Gasteiger partial charge in [0.25, 0.3) is 5.91 Å². The molecule has 3 rings (SSSR count). The van der Waals surface area contributed by atoms with E-state index in [1.165, 1.54) is 25.3 Å². The number of benzene rings is 1. The van der Waals surface area contributed by atoms with Gasteiger partial charge in [0.1, 0.15) is 5.76 Å². The second kappa shape index (κ2) is 9.09. The lowest BCUT2D eigenvalue weighted by molar-refractivity contribution is -0.385. The topological polar surface area (TPSA) is 89.1 Å². The van der Waals surface area contributed by atoms with Gasteiger partial charge in [0, 0.05) is 36.8 Å². The van der Waals surface area contributed by atoms with E-state index in [2.05, 4.69) is 11.9 Å². The molecule has 2 aromatic rings. The van der Waals surface area contributed by atoms with Gasteiger partial charge < -0.3 is 14.1 Å². The summed E-state index contributed by atoms with van der Waals surface area (Å²) in [4.78, 5) is 27.7. The SMILES string of the molecule is COc1cc(C(=O)N(C)[C@@H]2CCCC[C@H]2N(C)Cc2ccco2)ccc1[N+](=O)[O-]. The number of furan rings is 1. The van der Waals surface area contributed by atoms with E-state index in [4.69, 9.17) is 9.15 Å². The molecule has 1 amide bonds. The van der Waals surface area contributed by atoms with E-state index in [0.717, 1.165) is 31.4 Å². The van der Waals surface area contributed by atoms with Gasteiger partial charge in [0.15, 0.2) is 5.75 Å². The molecule has 0 spiro atoms. The summed E-state index contributed by atoms with van der Waals surface area (Å²) >= 11 is 0. The monoisotopic (exact) mass is 401 g/mol. The van der Waals surface area contributed by atoms with Crippen molar-refractivity contribution in [3.8, 4) is 5.75 Å². The van der Waals surface area contributed by atoms with E-state index in [9.17, 15) is 14.9 Å².